The zero-order valence-corrected chi connectivity index (χ0v) is 24.5. The van der Waals surface area contributed by atoms with Gasteiger partial charge in [0.2, 0.25) is 0 Å². The molecule has 0 aliphatic heterocycles. The molecule has 0 bridgehead atoms. The number of benzene rings is 4. The number of hydrogen-bond acceptors (Lipinski definition) is 1. The van der Waals surface area contributed by atoms with Crippen LogP contribution in [0.25, 0.3) is 0 Å². The van der Waals surface area contributed by atoms with Gasteiger partial charge in [-0.15, -0.1) is 0 Å². The Morgan fingerprint density at radius 2 is 1.35 bits per heavy atom. The van der Waals surface area contributed by atoms with Crippen LogP contribution < -0.4 is 5.73 Å². The molecule has 0 spiro atoms. The van der Waals surface area contributed by atoms with Gasteiger partial charge in [0.15, 0.2) is 0 Å². The first-order valence-corrected chi connectivity index (χ1v) is 14.9. The molecule has 207 valence electrons. The van der Waals surface area contributed by atoms with E-state index in [0.717, 1.165) is 38.5 Å². The predicted molar refractivity (Wildman–Crippen MR) is 171 cm³/mol. The lowest BCUT2D eigenvalue weighted by molar-refractivity contribution is 0.524. The summed E-state index contributed by atoms with van der Waals surface area (Å²) in [7, 11) is 0. The van der Waals surface area contributed by atoms with Crippen molar-refractivity contribution in [2.24, 2.45) is 11.7 Å². The summed E-state index contributed by atoms with van der Waals surface area (Å²) in [6.45, 7) is 7.14. The molecule has 0 amide bonds. The molecular weight excluding hydrogens is 484 g/mol. The smallest absolute Gasteiger partial charge is 0.0905 e. The highest BCUT2D eigenvalue weighted by Gasteiger charge is 2.36. The topological polar surface area (TPSA) is 49.9 Å². The van der Waals surface area contributed by atoms with Gasteiger partial charge in [0.05, 0.1) is 5.84 Å². The van der Waals surface area contributed by atoms with Crippen molar-refractivity contribution < 1.29 is 0 Å². The van der Waals surface area contributed by atoms with Gasteiger partial charge in [0, 0.05) is 17.8 Å². The van der Waals surface area contributed by atoms with Crippen molar-refractivity contribution in [3.05, 3.63) is 148 Å². The Morgan fingerprint density at radius 3 is 1.95 bits per heavy atom. The van der Waals surface area contributed by atoms with Crippen molar-refractivity contribution in [2.75, 3.05) is 0 Å². The summed E-state index contributed by atoms with van der Waals surface area (Å²) in [6.07, 6.45) is 6.52. The number of rotatable bonds is 14. The summed E-state index contributed by atoms with van der Waals surface area (Å²) in [5.41, 5.74) is 13.9. The molecule has 3 N–H and O–H groups in total. The molecule has 2 heteroatoms. The van der Waals surface area contributed by atoms with Gasteiger partial charge >= 0.3 is 0 Å². The minimum Gasteiger partial charge on any atom is -0.388 e. The second-order valence-electron chi connectivity index (χ2n) is 11.4. The largest absolute Gasteiger partial charge is 0.388 e. The van der Waals surface area contributed by atoms with E-state index in [0.29, 0.717) is 12.3 Å². The number of nitrogens with one attached hydrogen (secondary N) is 1. The van der Waals surface area contributed by atoms with Gasteiger partial charge in [-0.1, -0.05) is 136 Å². The number of nitrogens with two attached hydrogens (primary N) is 1. The van der Waals surface area contributed by atoms with E-state index >= 15 is 0 Å². The second kappa shape index (κ2) is 14.1. The van der Waals surface area contributed by atoms with Crippen LogP contribution in [0.15, 0.2) is 109 Å². The zero-order chi connectivity index (χ0) is 28.4. The van der Waals surface area contributed by atoms with Gasteiger partial charge in [-0.05, 0) is 71.4 Å². The van der Waals surface area contributed by atoms with Gasteiger partial charge in [-0.3, -0.25) is 5.41 Å². The molecule has 2 unspecified atom stereocenters. The number of amidine groups is 1. The summed E-state index contributed by atoms with van der Waals surface area (Å²) < 4.78 is 0. The molecule has 2 atom stereocenters. The molecule has 4 aromatic carbocycles. The molecule has 0 saturated heterocycles. The third-order valence-corrected chi connectivity index (χ3v) is 8.49. The average Bonchev–Trinajstić information content (AvgIpc) is 2.98. The summed E-state index contributed by atoms with van der Waals surface area (Å²) >= 11 is 0. The summed E-state index contributed by atoms with van der Waals surface area (Å²) in [6, 6.07) is 39.8. The summed E-state index contributed by atoms with van der Waals surface area (Å²) in [5, 5.41) is 7.82. The Morgan fingerprint density at radius 1 is 0.750 bits per heavy atom. The van der Waals surface area contributed by atoms with E-state index in [-0.39, 0.29) is 11.3 Å². The highest BCUT2D eigenvalue weighted by Crippen LogP contribution is 2.44. The lowest BCUT2D eigenvalue weighted by atomic mass is 9.65. The van der Waals surface area contributed by atoms with Gasteiger partial charge in [0.1, 0.15) is 0 Å². The van der Waals surface area contributed by atoms with Gasteiger partial charge in [-0.25, -0.2) is 0 Å². The Bertz CT molecular complexity index is 1330. The van der Waals surface area contributed by atoms with E-state index in [2.05, 4.69) is 130 Å². The Balaban J connectivity index is 1.89. The van der Waals surface area contributed by atoms with Crippen LogP contribution >= 0.6 is 0 Å². The molecule has 4 rings (SSSR count). The van der Waals surface area contributed by atoms with E-state index < -0.39 is 0 Å². The minimum absolute atomic E-state index is 0.226. The predicted octanol–water partition coefficient (Wildman–Crippen LogP) is 9.10. The molecule has 40 heavy (non-hydrogen) atoms. The summed E-state index contributed by atoms with van der Waals surface area (Å²) in [4.78, 5) is 0. The first kappa shape index (κ1) is 29.3. The molecule has 0 aliphatic rings. The average molecular weight is 530 g/mol. The fourth-order valence-corrected chi connectivity index (χ4v) is 6.16. The van der Waals surface area contributed by atoms with Gasteiger partial charge in [0.25, 0.3) is 0 Å². The lowest BCUT2D eigenvalue weighted by Crippen LogP contribution is -2.31. The maximum absolute atomic E-state index is 7.82. The zero-order valence-electron chi connectivity index (χ0n) is 24.5. The third kappa shape index (κ3) is 7.30. The van der Waals surface area contributed by atoms with E-state index in [1.165, 1.54) is 33.4 Å². The third-order valence-electron chi connectivity index (χ3n) is 8.49. The van der Waals surface area contributed by atoms with E-state index in [1.807, 2.05) is 0 Å². The second-order valence-corrected chi connectivity index (χ2v) is 11.4. The molecule has 0 saturated carbocycles. The fraction of sp³-hybridized carbons (Fsp3) is 0.316. The van der Waals surface area contributed by atoms with Crippen molar-refractivity contribution >= 4 is 5.84 Å². The van der Waals surface area contributed by atoms with E-state index in [1.54, 1.807) is 5.92 Å². The Labute approximate surface area is 242 Å². The fourth-order valence-electron chi connectivity index (χ4n) is 6.16. The van der Waals surface area contributed by atoms with Gasteiger partial charge in [-0.2, -0.15) is 0 Å². The van der Waals surface area contributed by atoms with Crippen LogP contribution in [0.2, 0.25) is 0 Å². The van der Waals surface area contributed by atoms with Crippen LogP contribution in [-0.4, -0.2) is 5.84 Å². The monoisotopic (exact) mass is 529 g/mol. The first-order valence-electron chi connectivity index (χ1n) is 14.9. The number of aryl methyl sites for hydroxylation is 2. The van der Waals surface area contributed by atoms with Crippen LogP contribution in [0.4, 0.5) is 0 Å². The quantitative estimate of drug-likeness (QED) is 0.124. The highest BCUT2D eigenvalue weighted by atomic mass is 14.7. The summed E-state index contributed by atoms with van der Waals surface area (Å²) in [5.74, 6) is 2.29. The normalized spacial score (nSPS) is 13.6. The molecule has 0 heterocycles. The maximum atomic E-state index is 7.82. The lowest BCUT2D eigenvalue weighted by Gasteiger charge is -2.38. The van der Waals surface area contributed by atoms with E-state index in [4.69, 9.17) is 11.1 Å². The highest BCUT2D eigenvalue weighted by molar-refractivity contribution is 5.76. The van der Waals surface area contributed by atoms with Crippen LogP contribution in [0.5, 0.6) is 0 Å². The molecule has 0 fully saturated rings. The SMILES string of the molecule is CCC(C)[C](CCc1ccccc1)c1cccc(CCCC(=N)N)c1C(C)(Cc1ccccc1)c1ccccc1. The van der Waals surface area contributed by atoms with Crippen molar-refractivity contribution in [2.45, 2.75) is 71.1 Å². The van der Waals surface area contributed by atoms with Crippen LogP contribution in [0.1, 0.15) is 79.8 Å². The van der Waals surface area contributed by atoms with Crippen LogP contribution in [0.3, 0.4) is 0 Å². The van der Waals surface area contributed by atoms with Crippen molar-refractivity contribution in [3.63, 3.8) is 0 Å². The van der Waals surface area contributed by atoms with Crippen molar-refractivity contribution in [1.29, 1.82) is 5.41 Å². The first-order chi connectivity index (χ1) is 19.4. The number of hydrogen-bond donors (Lipinski definition) is 2. The van der Waals surface area contributed by atoms with E-state index in [9.17, 15) is 0 Å². The standard InChI is InChI=1S/C38H45N2/c1-4-29(2)34(27-26-30-16-8-5-9-17-30)35-24-14-20-32(21-15-25-36(39)40)37(35)38(3,33-22-12-7-13-23-33)28-31-18-10-6-11-19-31/h5-14,16-20,22-24,29H,4,15,21,25-28H2,1-3H3,(H3,39,40). The van der Waals surface area contributed by atoms with Crippen LogP contribution in [0, 0.1) is 17.2 Å². The van der Waals surface area contributed by atoms with Gasteiger partial charge < -0.3 is 5.73 Å². The minimum atomic E-state index is -0.226. The van der Waals surface area contributed by atoms with Crippen molar-refractivity contribution in [1.82, 2.24) is 0 Å². The Hall–Kier alpha value is -3.65. The molecular formula is C38H45N2. The van der Waals surface area contributed by atoms with Crippen molar-refractivity contribution in [3.8, 4) is 0 Å². The molecule has 2 nitrogen and oxygen atoms in total. The molecule has 4 aromatic rings. The molecule has 1 radical (unpaired) electrons. The Kier molecular flexibility index (Phi) is 10.4. The molecule has 0 aliphatic carbocycles. The maximum Gasteiger partial charge on any atom is 0.0905 e. The molecule has 0 aromatic heterocycles. The van der Waals surface area contributed by atoms with Crippen LogP contribution in [-0.2, 0) is 24.7 Å².